The molecule has 0 saturated heterocycles. The van der Waals surface area contributed by atoms with E-state index in [1.807, 2.05) is 56.2 Å². The molecule has 0 bridgehead atoms. The van der Waals surface area contributed by atoms with E-state index >= 15 is 0 Å². The van der Waals surface area contributed by atoms with Gasteiger partial charge in [-0.2, -0.15) is 10.2 Å². The molecule has 0 aliphatic rings. The van der Waals surface area contributed by atoms with Crippen molar-refractivity contribution >= 4 is 5.91 Å². The van der Waals surface area contributed by atoms with Crippen LogP contribution in [0.4, 0.5) is 0 Å². The van der Waals surface area contributed by atoms with E-state index in [0.717, 1.165) is 28.3 Å². The number of aromatic nitrogens is 4. The largest absolute Gasteiger partial charge is 0.454 e. The number of hydrogen-bond acceptors (Lipinski definition) is 4. The Morgan fingerprint density at radius 1 is 1.19 bits per heavy atom. The van der Waals surface area contributed by atoms with Gasteiger partial charge in [0.15, 0.2) is 5.76 Å². The van der Waals surface area contributed by atoms with E-state index in [1.165, 1.54) is 0 Å². The molecule has 7 nitrogen and oxygen atoms in total. The molecular weight excluding hydrogens is 330 g/mol. The van der Waals surface area contributed by atoms with E-state index in [0.29, 0.717) is 24.6 Å². The van der Waals surface area contributed by atoms with Crippen LogP contribution in [0.2, 0.25) is 0 Å². The van der Waals surface area contributed by atoms with Gasteiger partial charge in [-0.1, -0.05) is 0 Å². The summed E-state index contributed by atoms with van der Waals surface area (Å²) in [6, 6.07) is 5.57. The molecule has 3 aromatic heterocycles. The lowest BCUT2D eigenvalue weighted by Gasteiger charge is -2.16. The zero-order chi connectivity index (χ0) is 19.0. The molecular formula is C19H25N5O2. The number of hydrogen-bond donors (Lipinski definition) is 0. The van der Waals surface area contributed by atoms with Crippen molar-refractivity contribution in [2.75, 3.05) is 7.05 Å². The molecule has 0 aromatic carbocycles. The summed E-state index contributed by atoms with van der Waals surface area (Å²) < 4.78 is 9.47. The Bertz CT molecular complexity index is 947. The van der Waals surface area contributed by atoms with Gasteiger partial charge in [0.25, 0.3) is 5.91 Å². The summed E-state index contributed by atoms with van der Waals surface area (Å²) in [6.45, 7) is 8.93. The third-order valence-corrected chi connectivity index (χ3v) is 4.68. The van der Waals surface area contributed by atoms with Crippen molar-refractivity contribution in [1.29, 1.82) is 0 Å². The van der Waals surface area contributed by atoms with Crippen molar-refractivity contribution in [3.63, 3.8) is 0 Å². The van der Waals surface area contributed by atoms with Crippen LogP contribution in [0.3, 0.4) is 0 Å². The van der Waals surface area contributed by atoms with Gasteiger partial charge < -0.3 is 9.32 Å². The Kier molecular flexibility index (Phi) is 4.71. The zero-order valence-electron chi connectivity index (χ0n) is 16.2. The summed E-state index contributed by atoms with van der Waals surface area (Å²) in [6.07, 6.45) is 0. The van der Waals surface area contributed by atoms with Crippen LogP contribution in [-0.4, -0.2) is 37.4 Å². The minimum atomic E-state index is -0.146. The SMILES string of the molecule is Cc1cc(C)n(Cc2ccc(C(=O)N(C)Cc3c(C)nn(C)c3C)o2)n1. The Labute approximate surface area is 153 Å². The zero-order valence-corrected chi connectivity index (χ0v) is 16.2. The van der Waals surface area contributed by atoms with Crippen LogP contribution >= 0.6 is 0 Å². The molecule has 0 spiro atoms. The Hall–Kier alpha value is -2.83. The van der Waals surface area contributed by atoms with Crippen molar-refractivity contribution in [2.24, 2.45) is 7.05 Å². The second kappa shape index (κ2) is 6.82. The third-order valence-electron chi connectivity index (χ3n) is 4.68. The first-order chi connectivity index (χ1) is 12.3. The molecule has 3 rings (SSSR count). The van der Waals surface area contributed by atoms with Gasteiger partial charge in [0.05, 0.1) is 17.9 Å². The molecule has 3 heterocycles. The topological polar surface area (TPSA) is 69.1 Å². The molecule has 138 valence electrons. The summed E-state index contributed by atoms with van der Waals surface area (Å²) in [5, 5.41) is 8.83. The second-order valence-electron chi connectivity index (χ2n) is 6.78. The van der Waals surface area contributed by atoms with Gasteiger partial charge in [0.2, 0.25) is 0 Å². The number of rotatable bonds is 5. The standard InChI is InChI=1S/C19H25N5O2/c1-12-9-13(2)24(20-12)10-16-7-8-18(26-16)19(25)22(5)11-17-14(3)21-23(6)15(17)4/h7-9H,10-11H2,1-6H3. The van der Waals surface area contributed by atoms with Crippen LogP contribution < -0.4 is 0 Å². The average molecular weight is 355 g/mol. The number of carbonyl (C=O) groups is 1. The fourth-order valence-corrected chi connectivity index (χ4v) is 3.10. The number of aryl methyl sites for hydroxylation is 4. The van der Waals surface area contributed by atoms with Crippen molar-refractivity contribution < 1.29 is 9.21 Å². The Morgan fingerprint density at radius 3 is 2.50 bits per heavy atom. The molecule has 0 atom stereocenters. The van der Waals surface area contributed by atoms with Gasteiger partial charge in [-0.05, 0) is 45.9 Å². The summed E-state index contributed by atoms with van der Waals surface area (Å²) in [5.41, 5.74) is 5.10. The van der Waals surface area contributed by atoms with E-state index in [-0.39, 0.29) is 5.91 Å². The summed E-state index contributed by atoms with van der Waals surface area (Å²) in [4.78, 5) is 14.4. The van der Waals surface area contributed by atoms with E-state index in [2.05, 4.69) is 10.2 Å². The van der Waals surface area contributed by atoms with E-state index in [9.17, 15) is 4.79 Å². The molecule has 0 aliphatic heterocycles. The normalized spacial score (nSPS) is 11.2. The van der Waals surface area contributed by atoms with Crippen LogP contribution in [-0.2, 0) is 20.1 Å². The maximum absolute atomic E-state index is 12.7. The molecule has 1 amide bonds. The van der Waals surface area contributed by atoms with Crippen LogP contribution in [0.5, 0.6) is 0 Å². The quantitative estimate of drug-likeness (QED) is 0.706. The average Bonchev–Trinajstić information content (AvgIpc) is 3.23. The molecule has 0 radical (unpaired) electrons. The van der Waals surface area contributed by atoms with E-state index in [4.69, 9.17) is 4.42 Å². The van der Waals surface area contributed by atoms with Crippen molar-refractivity contribution in [2.45, 2.75) is 40.8 Å². The molecule has 26 heavy (non-hydrogen) atoms. The molecule has 0 unspecified atom stereocenters. The fraction of sp³-hybridized carbons (Fsp3) is 0.421. The highest BCUT2D eigenvalue weighted by molar-refractivity contribution is 5.91. The first kappa shape index (κ1) is 18.0. The van der Waals surface area contributed by atoms with Crippen LogP contribution in [0.25, 0.3) is 0 Å². The van der Waals surface area contributed by atoms with Crippen LogP contribution in [0.1, 0.15) is 44.7 Å². The number of furan rings is 1. The summed E-state index contributed by atoms with van der Waals surface area (Å²) in [7, 11) is 3.68. The minimum absolute atomic E-state index is 0.146. The van der Waals surface area contributed by atoms with Gasteiger partial charge in [-0.25, -0.2) is 0 Å². The van der Waals surface area contributed by atoms with Gasteiger partial charge >= 0.3 is 0 Å². The minimum Gasteiger partial charge on any atom is -0.454 e. The van der Waals surface area contributed by atoms with Gasteiger partial charge in [-0.15, -0.1) is 0 Å². The molecule has 3 aromatic rings. The molecule has 0 N–H and O–H groups in total. The monoisotopic (exact) mass is 355 g/mol. The number of amides is 1. The number of nitrogens with zero attached hydrogens (tertiary/aromatic N) is 5. The first-order valence-electron chi connectivity index (χ1n) is 8.60. The lowest BCUT2D eigenvalue weighted by molar-refractivity contribution is 0.0751. The van der Waals surface area contributed by atoms with Gasteiger partial charge in [0, 0.05) is 37.6 Å². The lowest BCUT2D eigenvalue weighted by atomic mass is 10.2. The van der Waals surface area contributed by atoms with Crippen molar-refractivity contribution in [3.8, 4) is 0 Å². The fourth-order valence-electron chi connectivity index (χ4n) is 3.10. The van der Waals surface area contributed by atoms with Crippen molar-refractivity contribution in [3.05, 3.63) is 58.1 Å². The predicted octanol–water partition coefficient (Wildman–Crippen LogP) is 2.76. The maximum atomic E-state index is 12.7. The smallest absolute Gasteiger partial charge is 0.289 e. The first-order valence-corrected chi connectivity index (χ1v) is 8.60. The molecule has 0 saturated carbocycles. The highest BCUT2D eigenvalue weighted by Gasteiger charge is 2.19. The summed E-state index contributed by atoms with van der Waals surface area (Å²) >= 11 is 0. The number of carbonyl (C=O) groups excluding carboxylic acids is 1. The lowest BCUT2D eigenvalue weighted by Crippen LogP contribution is -2.26. The van der Waals surface area contributed by atoms with Crippen LogP contribution in [0, 0.1) is 27.7 Å². The predicted molar refractivity (Wildman–Crippen MR) is 98.0 cm³/mol. The van der Waals surface area contributed by atoms with E-state index in [1.54, 1.807) is 18.0 Å². The summed E-state index contributed by atoms with van der Waals surface area (Å²) in [5.74, 6) is 0.900. The van der Waals surface area contributed by atoms with E-state index < -0.39 is 0 Å². The van der Waals surface area contributed by atoms with Gasteiger partial charge in [0.1, 0.15) is 5.76 Å². The van der Waals surface area contributed by atoms with Crippen LogP contribution in [0.15, 0.2) is 22.6 Å². The highest BCUT2D eigenvalue weighted by atomic mass is 16.4. The maximum Gasteiger partial charge on any atom is 0.289 e. The molecule has 0 fully saturated rings. The van der Waals surface area contributed by atoms with Gasteiger partial charge in [-0.3, -0.25) is 14.2 Å². The van der Waals surface area contributed by atoms with Crippen molar-refractivity contribution in [1.82, 2.24) is 24.5 Å². The second-order valence-corrected chi connectivity index (χ2v) is 6.78. The Balaban J connectivity index is 1.72. The molecule has 7 heteroatoms. The Morgan fingerprint density at radius 2 is 1.92 bits per heavy atom. The third kappa shape index (κ3) is 3.42. The highest BCUT2D eigenvalue weighted by Crippen LogP contribution is 2.17. The molecule has 0 aliphatic carbocycles.